The summed E-state index contributed by atoms with van der Waals surface area (Å²) < 4.78 is 45.9. The third-order valence-corrected chi connectivity index (χ3v) is 10.9. The van der Waals surface area contributed by atoms with Gasteiger partial charge < -0.3 is 44.0 Å². The lowest BCUT2D eigenvalue weighted by Crippen LogP contribution is -2.42. The number of anilines is 4. The van der Waals surface area contributed by atoms with E-state index in [1.807, 2.05) is 9.80 Å². The van der Waals surface area contributed by atoms with Crippen molar-refractivity contribution >= 4 is 37.9 Å². The Bertz CT molecular complexity index is 1300. The minimum atomic E-state index is -3.14. The Morgan fingerprint density at radius 1 is 0.605 bits per heavy atom. The van der Waals surface area contributed by atoms with Crippen LogP contribution in [0.2, 0.25) is 0 Å². The predicted molar refractivity (Wildman–Crippen MR) is 168 cm³/mol. The van der Waals surface area contributed by atoms with Crippen LogP contribution >= 0.6 is 15.2 Å². The van der Waals surface area contributed by atoms with Gasteiger partial charge in [-0.05, 0) is 40.5 Å². The van der Waals surface area contributed by atoms with E-state index in [0.29, 0.717) is 88.4 Å². The molecule has 2 aromatic rings. The Labute approximate surface area is 250 Å². The lowest BCUT2D eigenvalue weighted by atomic mass is 10.2. The van der Waals surface area contributed by atoms with Gasteiger partial charge in [-0.2, -0.15) is 0 Å². The fourth-order valence-corrected chi connectivity index (χ4v) is 8.15. The van der Waals surface area contributed by atoms with E-state index in [1.54, 1.807) is 27.7 Å². The molecule has 0 saturated heterocycles. The average Bonchev–Trinajstić information content (AvgIpc) is 3.28. The van der Waals surface area contributed by atoms with Gasteiger partial charge in [-0.1, -0.05) is 0 Å². The molecule has 0 fully saturated rings. The van der Waals surface area contributed by atoms with E-state index in [0.717, 1.165) is 12.8 Å². The number of fused-ring (bicyclic) bond motifs is 2. The van der Waals surface area contributed by atoms with Gasteiger partial charge in [0, 0.05) is 39.3 Å². The Morgan fingerprint density at radius 2 is 0.930 bits per heavy atom. The van der Waals surface area contributed by atoms with Gasteiger partial charge in [0.15, 0.2) is 0 Å². The van der Waals surface area contributed by atoms with E-state index >= 15 is 0 Å². The number of hydrogen-bond acceptors (Lipinski definition) is 14. The molecule has 0 amide bonds. The average molecular weight is 651 g/mol. The Kier molecular flexibility index (Phi) is 14.2. The smallest absolute Gasteiger partial charge is 0.332 e. The Balaban J connectivity index is 0.000000293. The molecule has 244 valence electrons. The topological polar surface area (TPSA) is 201 Å². The maximum Gasteiger partial charge on any atom is 0.332 e. The van der Waals surface area contributed by atoms with E-state index in [4.69, 9.17) is 18.1 Å². The maximum absolute atomic E-state index is 12.4. The minimum absolute atomic E-state index is 0. The summed E-state index contributed by atoms with van der Waals surface area (Å²) >= 11 is 0. The van der Waals surface area contributed by atoms with Crippen molar-refractivity contribution in [3.8, 4) is 0 Å². The minimum Gasteiger partial charge on any atom is -0.412 e. The highest BCUT2D eigenvalue weighted by atomic mass is 31.2. The van der Waals surface area contributed by atoms with Crippen LogP contribution in [0.15, 0.2) is 19.2 Å². The molecule has 2 aliphatic rings. The fourth-order valence-electron chi connectivity index (χ4n) is 4.93. The highest BCUT2D eigenvalue weighted by Gasteiger charge is 2.32. The third-order valence-electron chi connectivity index (χ3n) is 6.81. The van der Waals surface area contributed by atoms with Gasteiger partial charge >= 0.3 is 15.2 Å². The second kappa shape index (κ2) is 16.6. The van der Waals surface area contributed by atoms with Gasteiger partial charge in [0.05, 0.1) is 38.8 Å². The first kappa shape index (κ1) is 36.8. The van der Waals surface area contributed by atoms with Crippen LogP contribution in [0.25, 0.3) is 0 Å². The Hall–Kier alpha value is -2.38. The molecule has 0 aromatic heterocycles. The lowest BCUT2D eigenvalue weighted by Gasteiger charge is -2.26. The van der Waals surface area contributed by atoms with Crippen molar-refractivity contribution in [1.82, 2.24) is 0 Å². The molecular weight excluding hydrogens is 606 g/mol. The quantitative estimate of drug-likeness (QED) is 0.220. The summed E-state index contributed by atoms with van der Waals surface area (Å²) in [5.41, 5.74) is -0.261. The van der Waals surface area contributed by atoms with Crippen LogP contribution in [0.3, 0.4) is 0 Å². The van der Waals surface area contributed by atoms with Crippen LogP contribution in [0.1, 0.15) is 40.5 Å². The van der Waals surface area contributed by atoms with Gasteiger partial charge in [-0.15, -0.1) is 0 Å². The molecule has 15 nitrogen and oxygen atoms in total. The van der Waals surface area contributed by atoms with Crippen molar-refractivity contribution in [2.24, 2.45) is 0 Å². The number of rotatable bonds is 14. The first-order valence-corrected chi connectivity index (χ1v) is 17.9. The molecule has 17 heteroatoms. The molecule has 0 radical (unpaired) electrons. The molecule has 0 spiro atoms. The van der Waals surface area contributed by atoms with E-state index < -0.39 is 36.9 Å². The van der Waals surface area contributed by atoms with Gasteiger partial charge in [0.2, 0.25) is 0 Å². The van der Waals surface area contributed by atoms with Gasteiger partial charge in [0.25, 0.3) is 21.7 Å². The molecule has 4 N–H and O–H groups in total. The van der Waals surface area contributed by atoms with E-state index in [-0.39, 0.29) is 17.8 Å². The van der Waals surface area contributed by atoms with Crippen LogP contribution in [-0.4, -0.2) is 83.5 Å². The highest BCUT2D eigenvalue weighted by Crippen LogP contribution is 2.48. The summed E-state index contributed by atoms with van der Waals surface area (Å²) in [6.07, 6.45) is 2.02. The first-order chi connectivity index (χ1) is 20.0. The van der Waals surface area contributed by atoms with Crippen molar-refractivity contribution in [3.05, 3.63) is 40.9 Å². The molecule has 0 bridgehead atoms. The third kappa shape index (κ3) is 8.85. The van der Waals surface area contributed by atoms with Crippen molar-refractivity contribution in [2.75, 3.05) is 98.5 Å². The largest absolute Gasteiger partial charge is 0.412 e. The van der Waals surface area contributed by atoms with E-state index in [9.17, 15) is 28.3 Å². The molecule has 2 aromatic carbocycles. The normalized spacial score (nSPS) is 15.3. The summed E-state index contributed by atoms with van der Waals surface area (Å²) in [5.74, 6) is 0. The van der Waals surface area contributed by atoms with Crippen molar-refractivity contribution in [2.45, 2.75) is 40.5 Å². The first-order valence-electron chi connectivity index (χ1n) is 14.4. The zero-order valence-electron chi connectivity index (χ0n) is 25.3. The van der Waals surface area contributed by atoms with Crippen LogP contribution in [0.4, 0.5) is 22.7 Å². The van der Waals surface area contributed by atoms with E-state index in [2.05, 4.69) is 10.6 Å². The van der Waals surface area contributed by atoms with Crippen molar-refractivity contribution in [1.29, 1.82) is 0 Å². The van der Waals surface area contributed by atoms with Gasteiger partial charge in [-0.3, -0.25) is 28.3 Å². The number of hydrogen-bond donors (Lipinski definition) is 2. The second-order valence-electron chi connectivity index (χ2n) is 9.64. The highest BCUT2D eigenvalue weighted by molar-refractivity contribution is 7.54. The van der Waals surface area contributed by atoms with Crippen LogP contribution < -0.4 is 42.1 Å². The molecule has 2 aliphatic heterocycles. The fraction of sp³-hybridized carbons (Fsp3) is 0.692. The van der Waals surface area contributed by atoms with E-state index in [1.165, 1.54) is 0 Å². The van der Waals surface area contributed by atoms with Crippen LogP contribution in [-0.2, 0) is 27.2 Å². The zero-order valence-corrected chi connectivity index (χ0v) is 27.1. The monoisotopic (exact) mass is 650 g/mol. The molecule has 0 unspecified atom stereocenters. The summed E-state index contributed by atoms with van der Waals surface area (Å²) in [4.78, 5) is 50.0. The lowest BCUT2D eigenvalue weighted by molar-refractivity contribution is 0.219. The summed E-state index contributed by atoms with van der Waals surface area (Å²) in [6, 6.07) is 0. The number of nitrogens with zero attached hydrogens (tertiary/aromatic N) is 2. The summed E-state index contributed by atoms with van der Waals surface area (Å²) in [7, 11) is -6.28. The van der Waals surface area contributed by atoms with Crippen molar-refractivity contribution in [3.63, 3.8) is 0 Å². The molecule has 0 aliphatic carbocycles. The standard InChI is InChI=1S/2C13H21N2O5P.H2O/c2*1-3-19-21(18,20-4-2)9-8-15-7-5-6-14-10-11(15)13(17)12(10)16;/h2*14H,3-9H2,1-2H3;1H2. The van der Waals surface area contributed by atoms with Crippen molar-refractivity contribution < 1.29 is 32.7 Å². The molecule has 0 atom stereocenters. The molecule has 2 heterocycles. The SMILES string of the molecule is CCOP(=O)(CCN1CCCNc2c1c(=O)c2=O)OCC.CCOP(=O)(CCN1CCCNc2c1c(=O)c2=O)OCC.O. The zero-order chi connectivity index (χ0) is 30.9. The molecular formula is C26H44N4O11P2. The molecule has 43 heavy (non-hydrogen) atoms. The number of nitrogens with one attached hydrogen (secondary N) is 2. The van der Waals surface area contributed by atoms with Gasteiger partial charge in [0.1, 0.15) is 22.7 Å². The second-order valence-corrected chi connectivity index (χ2v) is 14.0. The summed E-state index contributed by atoms with van der Waals surface area (Å²) in [6.45, 7) is 11.6. The maximum atomic E-state index is 12.4. The predicted octanol–water partition coefficient (Wildman–Crippen LogP) is 1.52. The molecule has 4 rings (SSSR count). The van der Waals surface area contributed by atoms with Gasteiger partial charge in [-0.25, -0.2) is 0 Å². The molecule has 0 saturated carbocycles. The summed E-state index contributed by atoms with van der Waals surface area (Å²) in [5, 5.41) is 5.95. The Morgan fingerprint density at radius 3 is 1.23 bits per heavy atom. The van der Waals surface area contributed by atoms with Crippen LogP contribution in [0.5, 0.6) is 0 Å². The van der Waals surface area contributed by atoms with Crippen LogP contribution in [0, 0.1) is 0 Å².